The van der Waals surface area contributed by atoms with E-state index in [0.717, 1.165) is 0 Å². The van der Waals surface area contributed by atoms with Crippen molar-refractivity contribution in [2.45, 2.75) is 6.92 Å². The molecule has 1 radical (unpaired) electrons. The maximum absolute atomic E-state index is 10.2. The Hall–Kier alpha value is -1.02. The maximum atomic E-state index is 10.2. The van der Waals surface area contributed by atoms with E-state index >= 15 is 0 Å². The predicted octanol–water partition coefficient (Wildman–Crippen LogP) is 2.20. The number of halogens is 1. The quantitative estimate of drug-likeness (QED) is 0.718. The van der Waals surface area contributed by atoms with E-state index in [9.17, 15) is 4.79 Å². The molecule has 0 aromatic heterocycles. The third-order valence-electron chi connectivity index (χ3n) is 1.36. The van der Waals surface area contributed by atoms with Crippen LogP contribution in [-0.2, 0) is 4.79 Å². The molecule has 0 spiro atoms. The molecule has 0 aliphatic rings. The molecular weight excluding hydrogens is 176 g/mol. The van der Waals surface area contributed by atoms with Gasteiger partial charge in [-0.3, -0.25) is 4.79 Å². The summed E-state index contributed by atoms with van der Waals surface area (Å²) in [6, 6.07) is 4.88. The van der Waals surface area contributed by atoms with Gasteiger partial charge in [0.2, 0.25) is 6.29 Å². The summed E-state index contributed by atoms with van der Waals surface area (Å²) in [6.07, 6.45) is 1.73. The third kappa shape index (κ3) is 1.98. The van der Waals surface area contributed by atoms with Crippen LogP contribution in [0, 0.1) is 0 Å². The lowest BCUT2D eigenvalue weighted by Crippen LogP contribution is -1.92. The van der Waals surface area contributed by atoms with Gasteiger partial charge in [0.25, 0.3) is 0 Å². The molecule has 63 valence electrons. The Labute approximate surface area is 76.1 Å². The van der Waals surface area contributed by atoms with E-state index in [1.54, 1.807) is 24.5 Å². The van der Waals surface area contributed by atoms with Crippen LogP contribution in [0.3, 0.4) is 0 Å². The minimum Gasteiger partial charge on any atom is -0.494 e. The lowest BCUT2D eigenvalue weighted by Gasteiger charge is -2.03. The Kier molecular flexibility index (Phi) is 3.11. The molecular formula is C9H8ClO2. The van der Waals surface area contributed by atoms with Crippen molar-refractivity contribution in [3.05, 3.63) is 28.8 Å². The number of benzene rings is 1. The van der Waals surface area contributed by atoms with Gasteiger partial charge in [0.15, 0.2) is 0 Å². The highest BCUT2D eigenvalue weighted by atomic mass is 35.5. The highest BCUT2D eigenvalue weighted by Gasteiger charge is 2.00. The van der Waals surface area contributed by atoms with Crippen molar-refractivity contribution in [1.82, 2.24) is 0 Å². The van der Waals surface area contributed by atoms with Crippen LogP contribution >= 0.6 is 11.6 Å². The summed E-state index contributed by atoms with van der Waals surface area (Å²) in [6.45, 7) is 2.47. The molecule has 0 fully saturated rings. The van der Waals surface area contributed by atoms with Crippen molar-refractivity contribution < 1.29 is 9.53 Å². The first-order valence-corrected chi connectivity index (χ1v) is 3.96. The highest BCUT2D eigenvalue weighted by Crippen LogP contribution is 2.20. The zero-order valence-corrected chi connectivity index (χ0v) is 7.39. The molecule has 0 atom stereocenters. The molecule has 0 bridgehead atoms. The van der Waals surface area contributed by atoms with Crippen molar-refractivity contribution in [3.8, 4) is 5.75 Å². The first-order chi connectivity index (χ1) is 5.77. The zero-order valence-electron chi connectivity index (χ0n) is 6.63. The van der Waals surface area contributed by atoms with Crippen molar-refractivity contribution in [3.63, 3.8) is 0 Å². The monoisotopic (exact) mass is 183 g/mol. The molecule has 1 aromatic carbocycles. The molecule has 0 saturated heterocycles. The number of carbonyl (C=O) groups excluding carboxylic acids is 1. The van der Waals surface area contributed by atoms with Crippen LogP contribution in [0.5, 0.6) is 5.75 Å². The Morgan fingerprint density at radius 1 is 1.58 bits per heavy atom. The van der Waals surface area contributed by atoms with Gasteiger partial charge < -0.3 is 4.74 Å². The minimum atomic E-state index is 0.361. The lowest BCUT2D eigenvalue weighted by molar-refractivity contribution is 0.340. The molecule has 1 aromatic rings. The number of ether oxygens (including phenoxy) is 1. The Morgan fingerprint density at radius 3 is 2.83 bits per heavy atom. The molecule has 2 nitrogen and oxygen atoms in total. The molecule has 0 saturated carbocycles. The van der Waals surface area contributed by atoms with E-state index in [1.807, 2.05) is 6.92 Å². The molecule has 0 amide bonds. The second-order valence-electron chi connectivity index (χ2n) is 2.18. The minimum absolute atomic E-state index is 0.361. The Morgan fingerprint density at radius 2 is 2.33 bits per heavy atom. The van der Waals surface area contributed by atoms with Crippen LogP contribution in [0.4, 0.5) is 0 Å². The molecule has 1 rings (SSSR count). The van der Waals surface area contributed by atoms with Crippen LogP contribution < -0.4 is 4.74 Å². The number of rotatable bonds is 3. The van der Waals surface area contributed by atoms with Crippen LogP contribution in [0.25, 0.3) is 0 Å². The van der Waals surface area contributed by atoms with Gasteiger partial charge in [0.1, 0.15) is 5.75 Å². The van der Waals surface area contributed by atoms with Gasteiger partial charge in [-0.15, -0.1) is 0 Å². The van der Waals surface area contributed by atoms with Gasteiger partial charge in [0, 0.05) is 5.56 Å². The number of hydrogen-bond acceptors (Lipinski definition) is 2. The molecule has 12 heavy (non-hydrogen) atoms. The third-order valence-corrected chi connectivity index (χ3v) is 1.67. The van der Waals surface area contributed by atoms with E-state index in [-0.39, 0.29) is 0 Å². The van der Waals surface area contributed by atoms with Gasteiger partial charge in [-0.1, -0.05) is 11.6 Å². The molecule has 0 aliphatic heterocycles. The second kappa shape index (κ2) is 4.12. The zero-order chi connectivity index (χ0) is 8.97. The first-order valence-electron chi connectivity index (χ1n) is 3.58. The van der Waals surface area contributed by atoms with Gasteiger partial charge in [0.05, 0.1) is 11.6 Å². The average Bonchev–Trinajstić information content (AvgIpc) is 2.05. The van der Waals surface area contributed by atoms with Crippen molar-refractivity contribution in [2.75, 3.05) is 6.61 Å². The largest absolute Gasteiger partial charge is 0.494 e. The molecule has 0 aliphatic carbocycles. The molecule has 0 N–H and O–H groups in total. The maximum Gasteiger partial charge on any atom is 0.235 e. The second-order valence-corrected chi connectivity index (χ2v) is 2.58. The van der Waals surface area contributed by atoms with Gasteiger partial charge in [-0.05, 0) is 25.1 Å². The standard InChI is InChI=1S/C9H8ClO2/c1-2-12-8-4-3-7(6-11)9(10)5-8/h3-5H,2H2,1H3. The van der Waals surface area contributed by atoms with Crippen LogP contribution in [0.2, 0.25) is 5.02 Å². The summed E-state index contributed by atoms with van der Waals surface area (Å²) >= 11 is 5.72. The van der Waals surface area contributed by atoms with Crippen molar-refractivity contribution in [1.29, 1.82) is 0 Å². The highest BCUT2D eigenvalue weighted by molar-refractivity contribution is 6.33. The van der Waals surface area contributed by atoms with Gasteiger partial charge in [-0.2, -0.15) is 0 Å². The van der Waals surface area contributed by atoms with Crippen LogP contribution in [0.15, 0.2) is 18.2 Å². The SMILES string of the molecule is CCOc1ccc([C]=O)c(Cl)c1. The predicted molar refractivity (Wildman–Crippen MR) is 47.4 cm³/mol. The summed E-state index contributed by atoms with van der Waals surface area (Å²) in [4.78, 5) is 10.2. The summed E-state index contributed by atoms with van der Waals surface area (Å²) < 4.78 is 5.17. The van der Waals surface area contributed by atoms with E-state index in [0.29, 0.717) is 22.9 Å². The average molecular weight is 184 g/mol. The molecule has 3 heteroatoms. The Balaban J connectivity index is 2.93. The fourth-order valence-corrected chi connectivity index (χ4v) is 1.04. The fraction of sp³-hybridized carbons (Fsp3) is 0.222. The van der Waals surface area contributed by atoms with Crippen LogP contribution in [0.1, 0.15) is 12.5 Å². The summed E-state index contributed by atoms with van der Waals surface area (Å²) in [5.41, 5.74) is 0.361. The normalized spacial score (nSPS) is 9.50. The van der Waals surface area contributed by atoms with E-state index in [1.165, 1.54) is 0 Å². The number of hydrogen-bond donors (Lipinski definition) is 0. The van der Waals surface area contributed by atoms with E-state index < -0.39 is 0 Å². The van der Waals surface area contributed by atoms with Crippen LogP contribution in [-0.4, -0.2) is 12.9 Å². The Bertz CT molecular complexity index is 284. The van der Waals surface area contributed by atoms with Gasteiger partial charge in [-0.25, -0.2) is 0 Å². The first kappa shape index (κ1) is 9.07. The summed E-state index contributed by atoms with van der Waals surface area (Å²) in [7, 11) is 0. The fourth-order valence-electron chi connectivity index (χ4n) is 0.835. The smallest absolute Gasteiger partial charge is 0.235 e. The van der Waals surface area contributed by atoms with E-state index in [4.69, 9.17) is 16.3 Å². The topological polar surface area (TPSA) is 26.3 Å². The van der Waals surface area contributed by atoms with Gasteiger partial charge >= 0.3 is 0 Å². The van der Waals surface area contributed by atoms with E-state index in [2.05, 4.69) is 0 Å². The van der Waals surface area contributed by atoms with Crippen molar-refractivity contribution >= 4 is 17.9 Å². The summed E-state index contributed by atoms with van der Waals surface area (Å²) in [5.74, 6) is 0.668. The molecule has 0 unspecified atom stereocenters. The van der Waals surface area contributed by atoms with Crippen molar-refractivity contribution in [2.24, 2.45) is 0 Å². The molecule has 0 heterocycles. The summed E-state index contributed by atoms with van der Waals surface area (Å²) in [5, 5.41) is 0.371. The lowest BCUT2D eigenvalue weighted by atomic mass is 10.2.